The number of pyridine rings is 1. The molecule has 2 aromatic carbocycles. The highest BCUT2D eigenvalue weighted by molar-refractivity contribution is 7.92. The standard InChI is InChI=1S/C23H22Cl3N3O3S/c1-33(31,32)29(22-15-20(25)19(24)14-21(22)26)12-2-3-23(30)28-18-6-4-16(5-7-18)13-17-8-10-27-11-9-17/h4-11,14-15H,2-3,12-13H2,1H3,(H,28,30). The van der Waals surface area contributed by atoms with Crippen molar-refractivity contribution >= 4 is 62.1 Å². The highest BCUT2D eigenvalue weighted by Crippen LogP contribution is 2.35. The monoisotopic (exact) mass is 525 g/mol. The number of aromatic nitrogens is 1. The van der Waals surface area contributed by atoms with Crippen molar-refractivity contribution in [2.45, 2.75) is 19.3 Å². The van der Waals surface area contributed by atoms with Crippen molar-refractivity contribution in [3.05, 3.63) is 87.1 Å². The lowest BCUT2D eigenvalue weighted by Crippen LogP contribution is -2.31. The fraction of sp³-hybridized carbons (Fsp3) is 0.217. The zero-order valence-corrected chi connectivity index (χ0v) is 20.8. The first kappa shape index (κ1) is 25.3. The Morgan fingerprint density at radius 3 is 2.18 bits per heavy atom. The summed E-state index contributed by atoms with van der Waals surface area (Å²) in [5.74, 6) is -0.217. The summed E-state index contributed by atoms with van der Waals surface area (Å²) in [4.78, 5) is 16.4. The Morgan fingerprint density at radius 2 is 1.55 bits per heavy atom. The van der Waals surface area contributed by atoms with Crippen molar-refractivity contribution < 1.29 is 13.2 Å². The maximum atomic E-state index is 12.4. The van der Waals surface area contributed by atoms with Gasteiger partial charge in [0.15, 0.2) is 0 Å². The van der Waals surface area contributed by atoms with E-state index in [1.54, 1.807) is 12.4 Å². The summed E-state index contributed by atoms with van der Waals surface area (Å²) in [6, 6.07) is 14.3. The Hall–Kier alpha value is -2.32. The first-order chi connectivity index (χ1) is 15.6. The highest BCUT2D eigenvalue weighted by Gasteiger charge is 2.21. The predicted molar refractivity (Wildman–Crippen MR) is 135 cm³/mol. The fourth-order valence-corrected chi connectivity index (χ4v) is 4.88. The van der Waals surface area contributed by atoms with Crippen LogP contribution in [0, 0.1) is 0 Å². The van der Waals surface area contributed by atoms with Crippen molar-refractivity contribution in [2.24, 2.45) is 0 Å². The number of rotatable bonds is 9. The lowest BCUT2D eigenvalue weighted by atomic mass is 10.1. The third-order valence-electron chi connectivity index (χ3n) is 4.82. The van der Waals surface area contributed by atoms with Gasteiger partial charge in [-0.1, -0.05) is 46.9 Å². The van der Waals surface area contributed by atoms with E-state index in [2.05, 4.69) is 10.3 Å². The zero-order chi connectivity index (χ0) is 24.0. The molecular formula is C23H22Cl3N3O3S. The fourth-order valence-electron chi connectivity index (χ4n) is 3.22. The molecule has 1 amide bonds. The molecule has 0 spiro atoms. The van der Waals surface area contributed by atoms with E-state index in [9.17, 15) is 13.2 Å². The second-order valence-corrected chi connectivity index (χ2v) is 10.6. The van der Waals surface area contributed by atoms with Gasteiger partial charge >= 0.3 is 0 Å². The second kappa shape index (κ2) is 11.2. The van der Waals surface area contributed by atoms with Crippen LogP contribution in [0.3, 0.4) is 0 Å². The minimum atomic E-state index is -3.65. The third kappa shape index (κ3) is 7.33. The van der Waals surface area contributed by atoms with Gasteiger partial charge in [-0.2, -0.15) is 0 Å². The quantitative estimate of drug-likeness (QED) is 0.356. The summed E-state index contributed by atoms with van der Waals surface area (Å²) in [6.45, 7) is 0.0643. The van der Waals surface area contributed by atoms with Gasteiger partial charge in [-0.25, -0.2) is 8.42 Å². The van der Waals surface area contributed by atoms with Gasteiger partial charge in [-0.15, -0.1) is 0 Å². The molecule has 0 aliphatic carbocycles. The molecule has 3 rings (SSSR count). The van der Waals surface area contributed by atoms with Crippen LogP contribution in [0.15, 0.2) is 60.9 Å². The van der Waals surface area contributed by atoms with E-state index in [1.165, 1.54) is 12.1 Å². The summed E-state index contributed by atoms with van der Waals surface area (Å²) in [5.41, 5.74) is 3.16. The number of sulfonamides is 1. The van der Waals surface area contributed by atoms with E-state index in [-0.39, 0.29) is 46.0 Å². The Kier molecular flexibility index (Phi) is 8.59. The van der Waals surface area contributed by atoms with Crippen LogP contribution in [0.25, 0.3) is 0 Å². The van der Waals surface area contributed by atoms with Crippen molar-refractivity contribution in [3.63, 3.8) is 0 Å². The number of anilines is 2. The molecular weight excluding hydrogens is 505 g/mol. The number of hydrogen-bond donors (Lipinski definition) is 1. The number of amides is 1. The van der Waals surface area contributed by atoms with Crippen LogP contribution < -0.4 is 9.62 Å². The van der Waals surface area contributed by atoms with Gasteiger partial charge in [0.05, 0.1) is 27.0 Å². The average Bonchev–Trinajstić information content (AvgIpc) is 2.75. The molecule has 1 heterocycles. The SMILES string of the molecule is CS(=O)(=O)N(CCCC(=O)Nc1ccc(Cc2ccncc2)cc1)c1cc(Cl)c(Cl)cc1Cl. The summed E-state index contributed by atoms with van der Waals surface area (Å²) in [7, 11) is -3.65. The maximum absolute atomic E-state index is 12.4. The lowest BCUT2D eigenvalue weighted by molar-refractivity contribution is -0.116. The molecule has 3 aromatic rings. The molecule has 0 bridgehead atoms. The molecule has 0 atom stereocenters. The topological polar surface area (TPSA) is 79.4 Å². The molecule has 0 aliphatic heterocycles. The summed E-state index contributed by atoms with van der Waals surface area (Å²) in [6.07, 6.45) is 5.77. The van der Waals surface area contributed by atoms with Gasteiger partial charge < -0.3 is 5.32 Å². The van der Waals surface area contributed by atoms with Gasteiger partial charge in [-0.3, -0.25) is 14.1 Å². The first-order valence-electron chi connectivity index (χ1n) is 10.0. The highest BCUT2D eigenvalue weighted by atomic mass is 35.5. The van der Waals surface area contributed by atoms with Gasteiger partial charge in [-0.05, 0) is 60.4 Å². The van der Waals surface area contributed by atoms with E-state index >= 15 is 0 Å². The molecule has 0 saturated heterocycles. The predicted octanol–water partition coefficient (Wildman–Crippen LogP) is 5.82. The Bertz CT molecular complexity index is 1220. The van der Waals surface area contributed by atoms with Crippen molar-refractivity contribution in [1.82, 2.24) is 4.98 Å². The number of nitrogens with zero attached hydrogens (tertiary/aromatic N) is 2. The van der Waals surface area contributed by atoms with Crippen LogP contribution in [0.4, 0.5) is 11.4 Å². The van der Waals surface area contributed by atoms with Crippen LogP contribution in [0.1, 0.15) is 24.0 Å². The number of benzene rings is 2. The molecule has 0 aliphatic rings. The van der Waals surface area contributed by atoms with Crippen molar-refractivity contribution in [3.8, 4) is 0 Å². The smallest absolute Gasteiger partial charge is 0.232 e. The molecule has 0 unspecified atom stereocenters. The Morgan fingerprint density at radius 1 is 0.939 bits per heavy atom. The number of carbonyl (C=O) groups is 1. The van der Waals surface area contributed by atoms with Crippen molar-refractivity contribution in [1.29, 1.82) is 0 Å². The molecule has 0 fully saturated rings. The van der Waals surface area contributed by atoms with E-state index in [0.717, 1.165) is 28.1 Å². The number of hydrogen-bond acceptors (Lipinski definition) is 4. The summed E-state index contributed by atoms with van der Waals surface area (Å²) < 4.78 is 25.7. The van der Waals surface area contributed by atoms with Crippen LogP contribution in [-0.2, 0) is 21.2 Å². The molecule has 0 radical (unpaired) electrons. The molecule has 1 aromatic heterocycles. The first-order valence-corrected chi connectivity index (χ1v) is 13.0. The van der Waals surface area contributed by atoms with Gasteiger partial charge in [0.2, 0.25) is 15.9 Å². The Balaban J connectivity index is 1.57. The van der Waals surface area contributed by atoms with E-state index in [1.807, 2.05) is 36.4 Å². The molecule has 174 valence electrons. The van der Waals surface area contributed by atoms with Crippen LogP contribution in [-0.4, -0.2) is 32.1 Å². The van der Waals surface area contributed by atoms with Gasteiger partial charge in [0.1, 0.15) is 0 Å². The molecule has 10 heteroatoms. The maximum Gasteiger partial charge on any atom is 0.232 e. The number of halogens is 3. The van der Waals surface area contributed by atoms with Gasteiger partial charge in [0.25, 0.3) is 0 Å². The van der Waals surface area contributed by atoms with E-state index < -0.39 is 10.0 Å². The van der Waals surface area contributed by atoms with Crippen LogP contribution in [0.2, 0.25) is 15.1 Å². The van der Waals surface area contributed by atoms with Crippen LogP contribution in [0.5, 0.6) is 0 Å². The molecule has 33 heavy (non-hydrogen) atoms. The van der Waals surface area contributed by atoms with Gasteiger partial charge in [0, 0.05) is 31.0 Å². The lowest BCUT2D eigenvalue weighted by Gasteiger charge is -2.24. The third-order valence-corrected chi connectivity index (χ3v) is 7.02. The van der Waals surface area contributed by atoms with Crippen molar-refractivity contribution in [2.75, 3.05) is 22.4 Å². The Labute approximate surface area is 208 Å². The summed E-state index contributed by atoms with van der Waals surface area (Å²) in [5, 5.41) is 3.41. The number of nitrogens with one attached hydrogen (secondary N) is 1. The van der Waals surface area contributed by atoms with Crippen LogP contribution >= 0.6 is 34.8 Å². The van der Waals surface area contributed by atoms with E-state index in [0.29, 0.717) is 5.69 Å². The molecule has 6 nitrogen and oxygen atoms in total. The molecule has 0 saturated carbocycles. The summed E-state index contributed by atoms with van der Waals surface area (Å²) >= 11 is 18.2. The molecule has 1 N–H and O–H groups in total. The normalized spacial score (nSPS) is 11.3. The zero-order valence-electron chi connectivity index (χ0n) is 17.8. The van der Waals surface area contributed by atoms with E-state index in [4.69, 9.17) is 34.8 Å². The average molecular weight is 527 g/mol. The second-order valence-electron chi connectivity index (χ2n) is 7.43. The minimum Gasteiger partial charge on any atom is -0.326 e. The number of carbonyl (C=O) groups excluding carboxylic acids is 1. The minimum absolute atomic E-state index is 0.0643. The largest absolute Gasteiger partial charge is 0.326 e.